The summed E-state index contributed by atoms with van der Waals surface area (Å²) in [7, 11) is 0. The van der Waals surface area contributed by atoms with Crippen molar-refractivity contribution in [2.75, 3.05) is 18.8 Å². The maximum atomic E-state index is 12.0. The molecule has 1 aliphatic heterocycles. The van der Waals surface area contributed by atoms with E-state index in [1.807, 2.05) is 0 Å². The van der Waals surface area contributed by atoms with E-state index in [4.69, 9.17) is 11.5 Å². The number of rotatable bonds is 2. The van der Waals surface area contributed by atoms with Crippen molar-refractivity contribution in [1.82, 2.24) is 4.90 Å². The standard InChI is InChI=1S/C11H13N3O3.C6H13N/c12-9-5-8(6-10(7-9)14(16)17)11(15)13-3-1-2-4-13;7-6-4-2-1-3-5-6/h5-7H,1-4,12H2;6H,1-5,7H2. The number of nitrogens with zero attached hydrogens (tertiary/aromatic N) is 2. The molecular weight excluding hydrogens is 308 g/mol. The zero-order valence-corrected chi connectivity index (χ0v) is 13.9. The number of carbonyl (C=O) groups excluding carboxylic acids is 1. The number of hydrogen-bond donors (Lipinski definition) is 2. The minimum absolute atomic E-state index is 0.146. The summed E-state index contributed by atoms with van der Waals surface area (Å²) in [4.78, 5) is 23.8. The molecule has 1 saturated carbocycles. The van der Waals surface area contributed by atoms with E-state index in [9.17, 15) is 14.9 Å². The summed E-state index contributed by atoms with van der Waals surface area (Å²) >= 11 is 0. The van der Waals surface area contributed by atoms with Gasteiger partial charge >= 0.3 is 0 Å². The molecule has 1 saturated heterocycles. The second-order valence-electron chi connectivity index (χ2n) is 6.47. The van der Waals surface area contributed by atoms with E-state index in [1.165, 1.54) is 50.3 Å². The Morgan fingerprint density at radius 1 is 1.08 bits per heavy atom. The predicted molar refractivity (Wildman–Crippen MR) is 93.7 cm³/mol. The average molecular weight is 334 g/mol. The van der Waals surface area contributed by atoms with Crippen molar-refractivity contribution in [3.8, 4) is 0 Å². The van der Waals surface area contributed by atoms with Crippen LogP contribution in [0.1, 0.15) is 55.3 Å². The monoisotopic (exact) mass is 334 g/mol. The van der Waals surface area contributed by atoms with Gasteiger partial charge in [-0.25, -0.2) is 0 Å². The molecule has 2 aliphatic rings. The normalized spacial score (nSPS) is 18.0. The molecule has 0 aromatic heterocycles. The number of likely N-dealkylation sites (tertiary alicyclic amines) is 1. The quantitative estimate of drug-likeness (QED) is 0.490. The van der Waals surface area contributed by atoms with Crippen LogP contribution in [0.25, 0.3) is 0 Å². The molecule has 1 aromatic carbocycles. The lowest BCUT2D eigenvalue weighted by Crippen LogP contribution is -2.27. The second-order valence-corrected chi connectivity index (χ2v) is 6.47. The molecular formula is C17H26N4O3. The second kappa shape index (κ2) is 8.63. The zero-order valence-electron chi connectivity index (χ0n) is 13.9. The topological polar surface area (TPSA) is 115 Å². The van der Waals surface area contributed by atoms with E-state index >= 15 is 0 Å². The van der Waals surface area contributed by atoms with E-state index in [0.717, 1.165) is 12.8 Å². The minimum Gasteiger partial charge on any atom is -0.399 e. The van der Waals surface area contributed by atoms with Crippen molar-refractivity contribution >= 4 is 17.3 Å². The molecule has 24 heavy (non-hydrogen) atoms. The number of benzene rings is 1. The Labute approximate surface area is 142 Å². The number of anilines is 1. The average Bonchev–Trinajstić information content (AvgIpc) is 3.09. The molecule has 0 radical (unpaired) electrons. The van der Waals surface area contributed by atoms with E-state index in [-0.39, 0.29) is 17.3 Å². The Morgan fingerprint density at radius 2 is 1.71 bits per heavy atom. The zero-order chi connectivity index (χ0) is 17.5. The number of non-ortho nitro benzene ring substituents is 1. The van der Waals surface area contributed by atoms with Crippen LogP contribution in [0.15, 0.2) is 18.2 Å². The molecule has 132 valence electrons. The molecule has 0 spiro atoms. The van der Waals surface area contributed by atoms with Gasteiger partial charge in [-0.1, -0.05) is 19.3 Å². The fraction of sp³-hybridized carbons (Fsp3) is 0.588. The van der Waals surface area contributed by atoms with Crippen LogP contribution >= 0.6 is 0 Å². The molecule has 0 atom stereocenters. The molecule has 1 aromatic rings. The Bertz CT molecular complexity index is 579. The van der Waals surface area contributed by atoms with Crippen molar-refractivity contribution in [1.29, 1.82) is 0 Å². The van der Waals surface area contributed by atoms with Crippen molar-refractivity contribution < 1.29 is 9.72 Å². The smallest absolute Gasteiger partial charge is 0.272 e. The van der Waals surface area contributed by atoms with Crippen LogP contribution in [0, 0.1) is 10.1 Å². The molecule has 1 heterocycles. The molecule has 3 rings (SSSR count). The Morgan fingerprint density at radius 3 is 2.21 bits per heavy atom. The first-order valence-electron chi connectivity index (χ1n) is 8.57. The summed E-state index contributed by atoms with van der Waals surface area (Å²) in [5, 5.41) is 10.7. The first-order valence-corrected chi connectivity index (χ1v) is 8.57. The maximum Gasteiger partial charge on any atom is 0.272 e. The van der Waals surface area contributed by atoms with Crippen LogP contribution in [0.3, 0.4) is 0 Å². The van der Waals surface area contributed by atoms with Gasteiger partial charge in [-0.15, -0.1) is 0 Å². The predicted octanol–water partition coefficient (Wildman–Crippen LogP) is 2.69. The van der Waals surface area contributed by atoms with Gasteiger partial charge in [-0.3, -0.25) is 14.9 Å². The summed E-state index contributed by atoms with van der Waals surface area (Å²) in [5.74, 6) is -0.182. The van der Waals surface area contributed by atoms with E-state index in [2.05, 4.69) is 0 Å². The third-order valence-corrected chi connectivity index (χ3v) is 4.44. The fourth-order valence-corrected chi connectivity index (χ4v) is 3.10. The largest absolute Gasteiger partial charge is 0.399 e. The Hall–Kier alpha value is -2.15. The number of nitrogen functional groups attached to an aromatic ring is 1. The lowest BCUT2D eigenvalue weighted by Gasteiger charge is -2.15. The third kappa shape index (κ3) is 5.19. The summed E-state index contributed by atoms with van der Waals surface area (Å²) in [6, 6.07) is 4.54. The van der Waals surface area contributed by atoms with Crippen molar-refractivity contribution in [3.05, 3.63) is 33.9 Å². The van der Waals surface area contributed by atoms with Crippen LogP contribution in [-0.4, -0.2) is 34.9 Å². The van der Waals surface area contributed by atoms with Gasteiger partial charge in [-0.05, 0) is 31.7 Å². The van der Waals surface area contributed by atoms with Crippen molar-refractivity contribution in [2.45, 2.75) is 51.0 Å². The van der Waals surface area contributed by atoms with Gasteiger partial charge in [-0.2, -0.15) is 0 Å². The van der Waals surface area contributed by atoms with Gasteiger partial charge in [0.2, 0.25) is 0 Å². The lowest BCUT2D eigenvalue weighted by molar-refractivity contribution is -0.384. The van der Waals surface area contributed by atoms with E-state index in [0.29, 0.717) is 24.7 Å². The van der Waals surface area contributed by atoms with Gasteiger partial charge in [0.25, 0.3) is 11.6 Å². The Balaban J connectivity index is 0.000000249. The van der Waals surface area contributed by atoms with Crippen LogP contribution < -0.4 is 11.5 Å². The van der Waals surface area contributed by atoms with Crippen LogP contribution in [0.2, 0.25) is 0 Å². The van der Waals surface area contributed by atoms with Gasteiger partial charge in [0, 0.05) is 42.5 Å². The molecule has 2 fully saturated rings. The number of hydrogen-bond acceptors (Lipinski definition) is 5. The fourth-order valence-electron chi connectivity index (χ4n) is 3.10. The SMILES string of the molecule is NC1CCCCC1.Nc1cc(C(=O)N2CCCC2)cc([N+](=O)[O-])c1. The molecule has 7 nitrogen and oxygen atoms in total. The number of nitro benzene ring substituents is 1. The van der Waals surface area contributed by atoms with Gasteiger partial charge in [0.05, 0.1) is 4.92 Å². The van der Waals surface area contributed by atoms with E-state index < -0.39 is 4.92 Å². The van der Waals surface area contributed by atoms with Crippen molar-refractivity contribution in [3.63, 3.8) is 0 Å². The molecule has 1 aliphatic carbocycles. The highest BCUT2D eigenvalue weighted by molar-refractivity contribution is 5.96. The summed E-state index contributed by atoms with van der Waals surface area (Å²) in [6.45, 7) is 1.42. The molecule has 4 N–H and O–H groups in total. The number of carbonyl (C=O) groups is 1. The van der Waals surface area contributed by atoms with E-state index in [1.54, 1.807) is 4.90 Å². The number of nitro groups is 1. The van der Waals surface area contributed by atoms with Gasteiger partial charge in [0.15, 0.2) is 0 Å². The summed E-state index contributed by atoms with van der Waals surface area (Å²) in [5.41, 5.74) is 11.6. The highest BCUT2D eigenvalue weighted by atomic mass is 16.6. The maximum absolute atomic E-state index is 12.0. The minimum atomic E-state index is -0.545. The molecule has 7 heteroatoms. The first kappa shape index (κ1) is 18.2. The highest BCUT2D eigenvalue weighted by Crippen LogP contribution is 2.21. The van der Waals surface area contributed by atoms with Crippen molar-refractivity contribution in [2.24, 2.45) is 5.73 Å². The Kier molecular flexibility index (Phi) is 6.54. The third-order valence-electron chi connectivity index (χ3n) is 4.44. The van der Waals surface area contributed by atoms with Gasteiger partial charge < -0.3 is 16.4 Å². The van der Waals surface area contributed by atoms with Gasteiger partial charge in [0.1, 0.15) is 0 Å². The van der Waals surface area contributed by atoms with Crippen LogP contribution in [0.4, 0.5) is 11.4 Å². The molecule has 0 bridgehead atoms. The molecule has 1 amide bonds. The van der Waals surface area contributed by atoms with Crippen LogP contribution in [-0.2, 0) is 0 Å². The summed E-state index contributed by atoms with van der Waals surface area (Å²) in [6.07, 6.45) is 8.63. The first-order chi connectivity index (χ1) is 11.5. The number of nitrogens with two attached hydrogens (primary N) is 2. The van der Waals surface area contributed by atoms with Crippen LogP contribution in [0.5, 0.6) is 0 Å². The summed E-state index contributed by atoms with van der Waals surface area (Å²) < 4.78 is 0. The lowest BCUT2D eigenvalue weighted by atomic mass is 9.97. The number of amides is 1. The highest BCUT2D eigenvalue weighted by Gasteiger charge is 2.21. The molecule has 0 unspecified atom stereocenters.